The van der Waals surface area contributed by atoms with Gasteiger partial charge in [-0.1, -0.05) is 24.3 Å². The third-order valence-corrected chi connectivity index (χ3v) is 6.14. The van der Waals surface area contributed by atoms with E-state index in [9.17, 15) is 9.18 Å². The third-order valence-electron chi connectivity index (χ3n) is 5.32. The molecule has 0 aliphatic carbocycles. The van der Waals surface area contributed by atoms with Crippen LogP contribution in [-0.4, -0.2) is 27.4 Å². The Balaban J connectivity index is 1.42. The summed E-state index contributed by atoms with van der Waals surface area (Å²) < 4.78 is 19.0. The first-order valence-electron chi connectivity index (χ1n) is 11.1. The zero-order valence-corrected chi connectivity index (χ0v) is 19.8. The maximum Gasteiger partial charge on any atom is 0.229 e. The first-order chi connectivity index (χ1) is 16.5. The van der Waals surface area contributed by atoms with Crippen molar-refractivity contribution in [1.82, 2.24) is 14.9 Å². The van der Waals surface area contributed by atoms with Gasteiger partial charge in [-0.2, -0.15) is 0 Å². The van der Waals surface area contributed by atoms with E-state index in [1.54, 1.807) is 35.9 Å². The lowest BCUT2D eigenvalue weighted by molar-refractivity contribution is -0.131. The van der Waals surface area contributed by atoms with Crippen LogP contribution in [0.3, 0.4) is 0 Å². The van der Waals surface area contributed by atoms with Gasteiger partial charge in [0.15, 0.2) is 0 Å². The Morgan fingerprint density at radius 2 is 1.76 bits per heavy atom. The van der Waals surface area contributed by atoms with Crippen LogP contribution in [0.2, 0.25) is 0 Å². The number of carbonyl (C=O) groups excluding carboxylic acids is 1. The van der Waals surface area contributed by atoms with Crippen molar-refractivity contribution in [3.8, 4) is 5.75 Å². The highest BCUT2D eigenvalue weighted by Gasteiger charge is 2.17. The maximum atomic E-state index is 13.2. The minimum Gasteiger partial charge on any atom is -0.493 e. The van der Waals surface area contributed by atoms with Crippen LogP contribution in [0.5, 0.6) is 5.75 Å². The lowest BCUT2D eigenvalue weighted by Gasteiger charge is -2.23. The van der Waals surface area contributed by atoms with E-state index in [1.807, 2.05) is 53.6 Å². The van der Waals surface area contributed by atoms with Gasteiger partial charge in [-0.05, 0) is 60.0 Å². The van der Waals surface area contributed by atoms with Crippen molar-refractivity contribution in [3.63, 3.8) is 0 Å². The van der Waals surface area contributed by atoms with Crippen molar-refractivity contribution in [2.45, 2.75) is 32.9 Å². The second-order valence-electron chi connectivity index (χ2n) is 8.01. The maximum absolute atomic E-state index is 13.2. The molecule has 2 aromatic heterocycles. The smallest absolute Gasteiger partial charge is 0.229 e. The number of rotatable bonds is 10. The van der Waals surface area contributed by atoms with Gasteiger partial charge in [0, 0.05) is 37.3 Å². The fourth-order valence-corrected chi connectivity index (χ4v) is 4.20. The van der Waals surface area contributed by atoms with Gasteiger partial charge in [-0.15, -0.1) is 11.3 Å². The monoisotopic (exact) mass is 475 g/mol. The van der Waals surface area contributed by atoms with Crippen LogP contribution in [-0.2, 0) is 30.7 Å². The van der Waals surface area contributed by atoms with Crippen LogP contribution in [0.1, 0.15) is 27.4 Å². The standard InChI is InChI=1S/C27H26FN3O2S/c1-20-30-25(19-34-20)16-27(32)31(17-22-9-12-29-13-10-22)18-23-3-2-4-26(15-23)33-14-11-21-5-7-24(28)8-6-21/h2-10,12-13,15,19H,11,14,16-18H2,1H3. The van der Waals surface area contributed by atoms with Gasteiger partial charge < -0.3 is 9.64 Å². The highest BCUT2D eigenvalue weighted by atomic mass is 32.1. The Morgan fingerprint density at radius 3 is 2.50 bits per heavy atom. The summed E-state index contributed by atoms with van der Waals surface area (Å²) in [7, 11) is 0. The first-order valence-corrected chi connectivity index (χ1v) is 12.0. The predicted molar refractivity (Wildman–Crippen MR) is 131 cm³/mol. The fourth-order valence-electron chi connectivity index (χ4n) is 3.59. The predicted octanol–water partition coefficient (Wildman–Crippen LogP) is 5.38. The summed E-state index contributed by atoms with van der Waals surface area (Å²) in [4.78, 5) is 23.5. The van der Waals surface area contributed by atoms with E-state index in [2.05, 4.69) is 9.97 Å². The van der Waals surface area contributed by atoms with Crippen molar-refractivity contribution in [3.05, 3.63) is 112 Å². The van der Waals surface area contributed by atoms with Gasteiger partial charge >= 0.3 is 0 Å². The Kier molecular flexibility index (Phi) is 7.99. The van der Waals surface area contributed by atoms with E-state index in [-0.39, 0.29) is 18.1 Å². The van der Waals surface area contributed by atoms with Crippen LogP contribution in [0.15, 0.2) is 78.4 Å². The van der Waals surface area contributed by atoms with Gasteiger partial charge in [-0.25, -0.2) is 9.37 Å². The van der Waals surface area contributed by atoms with Crippen LogP contribution in [0.4, 0.5) is 4.39 Å². The SMILES string of the molecule is Cc1nc(CC(=O)N(Cc2ccncc2)Cc2cccc(OCCc3ccc(F)cc3)c2)cs1. The summed E-state index contributed by atoms with van der Waals surface area (Å²) in [5, 5.41) is 2.89. The van der Waals surface area contributed by atoms with Crippen LogP contribution in [0, 0.1) is 12.7 Å². The molecule has 2 heterocycles. The number of hydrogen-bond donors (Lipinski definition) is 0. The van der Waals surface area contributed by atoms with Crippen molar-refractivity contribution in [1.29, 1.82) is 0 Å². The minimum absolute atomic E-state index is 0.0183. The van der Waals surface area contributed by atoms with E-state index in [4.69, 9.17) is 4.74 Å². The molecule has 0 N–H and O–H groups in total. The number of pyridine rings is 1. The number of hydrogen-bond acceptors (Lipinski definition) is 5. The van der Waals surface area contributed by atoms with Crippen LogP contribution in [0.25, 0.3) is 0 Å². The van der Waals surface area contributed by atoms with Crippen molar-refractivity contribution in [2.24, 2.45) is 0 Å². The number of carbonyl (C=O) groups is 1. The molecular formula is C27H26FN3O2S. The molecule has 0 aliphatic heterocycles. The van der Waals surface area contributed by atoms with E-state index < -0.39 is 0 Å². The lowest BCUT2D eigenvalue weighted by Crippen LogP contribution is -2.31. The lowest BCUT2D eigenvalue weighted by atomic mass is 10.1. The van der Waals surface area contributed by atoms with E-state index >= 15 is 0 Å². The van der Waals surface area contributed by atoms with Gasteiger partial charge in [0.2, 0.25) is 5.91 Å². The zero-order chi connectivity index (χ0) is 23.8. The summed E-state index contributed by atoms with van der Waals surface area (Å²) in [6, 6.07) is 18.1. The molecule has 7 heteroatoms. The molecule has 1 amide bonds. The zero-order valence-electron chi connectivity index (χ0n) is 19.0. The van der Waals surface area contributed by atoms with Gasteiger partial charge in [0.05, 0.1) is 23.7 Å². The second kappa shape index (κ2) is 11.5. The number of amides is 1. The summed E-state index contributed by atoms with van der Waals surface area (Å²) in [6.07, 6.45) is 4.42. The summed E-state index contributed by atoms with van der Waals surface area (Å²) in [5.74, 6) is 0.518. The molecule has 0 atom stereocenters. The largest absolute Gasteiger partial charge is 0.493 e. The van der Waals surface area contributed by atoms with E-state index in [1.165, 1.54) is 12.1 Å². The first kappa shape index (κ1) is 23.6. The molecule has 174 valence electrons. The average Bonchev–Trinajstić information content (AvgIpc) is 3.25. The minimum atomic E-state index is -0.242. The number of aromatic nitrogens is 2. The molecule has 0 unspecified atom stereocenters. The average molecular weight is 476 g/mol. The molecular weight excluding hydrogens is 449 g/mol. The number of nitrogens with zero attached hydrogens (tertiary/aromatic N) is 3. The third kappa shape index (κ3) is 6.96. The van der Waals surface area contributed by atoms with E-state index in [0.29, 0.717) is 26.1 Å². The van der Waals surface area contributed by atoms with E-state index in [0.717, 1.165) is 33.1 Å². The summed E-state index contributed by atoms with van der Waals surface area (Å²) in [6.45, 7) is 3.37. The van der Waals surface area contributed by atoms with Gasteiger partial charge in [0.1, 0.15) is 11.6 Å². The number of halogens is 1. The number of thiazole rings is 1. The number of benzene rings is 2. The molecule has 0 fully saturated rings. The van der Waals surface area contributed by atoms with Gasteiger partial charge in [0.25, 0.3) is 0 Å². The molecule has 4 aromatic rings. The Hall–Kier alpha value is -3.58. The van der Waals surface area contributed by atoms with Crippen molar-refractivity contribution in [2.75, 3.05) is 6.61 Å². The molecule has 4 rings (SSSR count). The molecule has 34 heavy (non-hydrogen) atoms. The molecule has 0 bridgehead atoms. The Labute approximate surface area is 202 Å². The topological polar surface area (TPSA) is 55.3 Å². The normalized spacial score (nSPS) is 10.8. The molecule has 0 saturated heterocycles. The molecule has 0 radical (unpaired) electrons. The highest BCUT2D eigenvalue weighted by Crippen LogP contribution is 2.18. The highest BCUT2D eigenvalue weighted by molar-refractivity contribution is 7.09. The quantitative estimate of drug-likeness (QED) is 0.309. The molecule has 0 aliphatic rings. The molecule has 0 spiro atoms. The van der Waals surface area contributed by atoms with Crippen LogP contribution >= 0.6 is 11.3 Å². The van der Waals surface area contributed by atoms with Crippen molar-refractivity contribution < 1.29 is 13.9 Å². The molecule has 5 nitrogen and oxygen atoms in total. The fraction of sp³-hybridized carbons (Fsp3) is 0.222. The molecule has 2 aromatic carbocycles. The summed E-state index contributed by atoms with van der Waals surface area (Å²) in [5.41, 5.74) is 3.81. The van der Waals surface area contributed by atoms with Gasteiger partial charge in [-0.3, -0.25) is 9.78 Å². The van der Waals surface area contributed by atoms with Crippen LogP contribution < -0.4 is 4.74 Å². The Morgan fingerprint density at radius 1 is 1.00 bits per heavy atom. The second-order valence-corrected chi connectivity index (χ2v) is 9.07. The Bertz CT molecular complexity index is 1210. The van der Waals surface area contributed by atoms with Crippen molar-refractivity contribution >= 4 is 17.2 Å². The number of aryl methyl sites for hydroxylation is 1. The summed E-state index contributed by atoms with van der Waals surface area (Å²) >= 11 is 1.55. The molecule has 0 saturated carbocycles. The number of ether oxygens (including phenoxy) is 1.